The van der Waals surface area contributed by atoms with E-state index in [0.717, 1.165) is 22.3 Å². The topological polar surface area (TPSA) is 95.2 Å². The highest BCUT2D eigenvalue weighted by molar-refractivity contribution is 7.09. The minimum Gasteiger partial charge on any atom is -0.495 e. The van der Waals surface area contributed by atoms with E-state index in [-0.39, 0.29) is 22.2 Å². The van der Waals surface area contributed by atoms with Crippen molar-refractivity contribution < 1.29 is 9.84 Å². The predicted octanol–water partition coefficient (Wildman–Crippen LogP) is 2.14. The van der Waals surface area contributed by atoms with Gasteiger partial charge in [0.15, 0.2) is 0 Å². The Labute approximate surface area is 129 Å². The van der Waals surface area contributed by atoms with E-state index >= 15 is 0 Å². The van der Waals surface area contributed by atoms with Gasteiger partial charge >= 0.3 is 4.87 Å². The van der Waals surface area contributed by atoms with Crippen LogP contribution in [0.15, 0.2) is 33.9 Å². The molecule has 114 valence electrons. The fourth-order valence-electron chi connectivity index (χ4n) is 2.56. The molecule has 1 unspecified atom stereocenters. The Morgan fingerprint density at radius 1 is 1.18 bits per heavy atom. The number of hydrogen-bond acceptors (Lipinski definition) is 5. The number of rotatable bonds is 3. The molecular weight excluding hydrogens is 304 g/mol. The molecule has 0 aliphatic heterocycles. The average Bonchev–Trinajstić information content (AvgIpc) is 2.84. The van der Waals surface area contributed by atoms with Gasteiger partial charge in [-0.25, -0.2) is 0 Å². The summed E-state index contributed by atoms with van der Waals surface area (Å²) >= 11 is 0.975. The lowest BCUT2D eigenvalue weighted by atomic mass is 9.95. The molecule has 0 saturated heterocycles. The maximum absolute atomic E-state index is 11.6. The minimum atomic E-state index is -0.300. The number of aromatic amines is 2. The Balaban J connectivity index is 2.25. The van der Waals surface area contributed by atoms with Crippen LogP contribution in [0.5, 0.6) is 11.6 Å². The van der Waals surface area contributed by atoms with Gasteiger partial charge in [-0.3, -0.25) is 14.6 Å². The van der Waals surface area contributed by atoms with E-state index in [0.29, 0.717) is 16.1 Å². The van der Waals surface area contributed by atoms with E-state index < -0.39 is 0 Å². The molecule has 2 heterocycles. The summed E-state index contributed by atoms with van der Waals surface area (Å²) in [6.07, 6.45) is 0. The first kappa shape index (κ1) is 14.4. The highest BCUT2D eigenvalue weighted by Gasteiger charge is 2.20. The van der Waals surface area contributed by atoms with E-state index in [9.17, 15) is 14.7 Å². The number of nitrogens with one attached hydrogen (secondary N) is 2. The number of thiazole rings is 1. The molecule has 6 nitrogen and oxygen atoms in total. The lowest BCUT2D eigenvalue weighted by Crippen LogP contribution is -2.06. The molecule has 0 fully saturated rings. The van der Waals surface area contributed by atoms with Gasteiger partial charge in [-0.1, -0.05) is 24.3 Å². The van der Waals surface area contributed by atoms with Crippen molar-refractivity contribution in [3.05, 3.63) is 54.7 Å². The molecule has 0 amide bonds. The summed E-state index contributed by atoms with van der Waals surface area (Å²) in [6.45, 7) is 1.89. The first-order valence-corrected chi connectivity index (χ1v) is 7.45. The van der Waals surface area contributed by atoms with Gasteiger partial charge < -0.3 is 14.8 Å². The molecule has 0 bridgehead atoms. The Kier molecular flexibility index (Phi) is 3.50. The van der Waals surface area contributed by atoms with Gasteiger partial charge in [0.05, 0.1) is 17.5 Å². The van der Waals surface area contributed by atoms with Crippen molar-refractivity contribution in [3.63, 3.8) is 0 Å². The molecule has 0 saturated carbocycles. The molecule has 2 aromatic heterocycles. The predicted molar refractivity (Wildman–Crippen MR) is 85.2 cm³/mol. The summed E-state index contributed by atoms with van der Waals surface area (Å²) in [7, 11) is 1.53. The third-order valence-corrected chi connectivity index (χ3v) is 4.68. The average molecular weight is 318 g/mol. The van der Waals surface area contributed by atoms with Crippen LogP contribution in [0.3, 0.4) is 0 Å². The monoisotopic (exact) mass is 318 g/mol. The normalized spacial score (nSPS) is 12.5. The molecule has 1 atom stereocenters. The van der Waals surface area contributed by atoms with Crippen LogP contribution in [0.25, 0.3) is 10.9 Å². The van der Waals surface area contributed by atoms with Gasteiger partial charge in [-0.05, 0) is 17.7 Å². The van der Waals surface area contributed by atoms with Crippen LogP contribution in [0.4, 0.5) is 0 Å². The van der Waals surface area contributed by atoms with Crippen molar-refractivity contribution >= 4 is 22.2 Å². The third-order valence-electron chi connectivity index (χ3n) is 3.63. The number of H-pyrrole nitrogens is 2. The standard InChI is InChI=1S/C15H14N2O4S/c1-7(13-14(19)17-15(20)22-13)8-3-5-10(21-2)12-9(8)4-6-11(18)16-12/h3-7,19H,1-2H3,(H,16,18)(H,17,20). The van der Waals surface area contributed by atoms with Gasteiger partial charge in [-0.15, -0.1) is 0 Å². The van der Waals surface area contributed by atoms with Crippen LogP contribution in [0.1, 0.15) is 23.3 Å². The van der Waals surface area contributed by atoms with Crippen molar-refractivity contribution in [2.45, 2.75) is 12.8 Å². The van der Waals surface area contributed by atoms with Crippen LogP contribution in [-0.2, 0) is 0 Å². The second-order valence-electron chi connectivity index (χ2n) is 4.92. The van der Waals surface area contributed by atoms with Crippen LogP contribution in [-0.4, -0.2) is 22.2 Å². The fourth-order valence-corrected chi connectivity index (χ4v) is 3.36. The quantitative estimate of drug-likeness (QED) is 0.689. The number of pyridine rings is 1. The Hall–Kier alpha value is -2.54. The van der Waals surface area contributed by atoms with E-state index in [1.807, 2.05) is 13.0 Å². The second-order valence-corrected chi connectivity index (χ2v) is 5.93. The van der Waals surface area contributed by atoms with E-state index in [4.69, 9.17) is 4.74 Å². The van der Waals surface area contributed by atoms with Crippen LogP contribution in [0, 0.1) is 0 Å². The Bertz CT molecular complexity index is 954. The summed E-state index contributed by atoms with van der Waals surface area (Å²) in [5.74, 6) is 0.245. The highest BCUT2D eigenvalue weighted by atomic mass is 32.1. The smallest absolute Gasteiger partial charge is 0.307 e. The summed E-state index contributed by atoms with van der Waals surface area (Å²) in [5.41, 5.74) is 1.27. The number of fused-ring (bicyclic) bond motifs is 1. The number of ether oxygens (including phenoxy) is 1. The molecule has 1 aromatic carbocycles. The largest absolute Gasteiger partial charge is 0.495 e. The van der Waals surface area contributed by atoms with Crippen molar-refractivity contribution in [2.24, 2.45) is 0 Å². The Morgan fingerprint density at radius 3 is 2.59 bits per heavy atom. The van der Waals surface area contributed by atoms with Gasteiger partial charge in [0.25, 0.3) is 0 Å². The molecule has 0 spiro atoms. The van der Waals surface area contributed by atoms with Crippen LogP contribution < -0.4 is 15.2 Å². The van der Waals surface area contributed by atoms with Crippen molar-refractivity contribution in [3.8, 4) is 11.6 Å². The zero-order chi connectivity index (χ0) is 15.9. The first-order chi connectivity index (χ1) is 10.5. The maximum Gasteiger partial charge on any atom is 0.307 e. The molecule has 3 N–H and O–H groups in total. The van der Waals surface area contributed by atoms with Crippen molar-refractivity contribution in [2.75, 3.05) is 7.11 Å². The van der Waals surface area contributed by atoms with E-state index in [1.54, 1.807) is 12.1 Å². The zero-order valence-electron chi connectivity index (χ0n) is 12.0. The van der Waals surface area contributed by atoms with E-state index in [2.05, 4.69) is 9.97 Å². The van der Waals surface area contributed by atoms with Gasteiger partial charge in [-0.2, -0.15) is 0 Å². The molecule has 7 heteroatoms. The lowest BCUT2D eigenvalue weighted by molar-refractivity contribution is 0.418. The number of aromatic hydroxyl groups is 1. The number of methoxy groups -OCH3 is 1. The molecular formula is C15H14N2O4S. The fraction of sp³-hybridized carbons (Fsp3) is 0.200. The summed E-state index contributed by atoms with van der Waals surface area (Å²) in [6, 6.07) is 6.79. The Morgan fingerprint density at radius 2 is 1.95 bits per heavy atom. The second kappa shape index (κ2) is 5.34. The molecule has 0 aliphatic rings. The highest BCUT2D eigenvalue weighted by Crippen LogP contribution is 2.37. The van der Waals surface area contributed by atoms with Crippen LogP contribution in [0.2, 0.25) is 0 Å². The molecule has 0 aliphatic carbocycles. The van der Waals surface area contributed by atoms with E-state index in [1.165, 1.54) is 13.2 Å². The lowest BCUT2D eigenvalue weighted by Gasteiger charge is -2.15. The zero-order valence-corrected chi connectivity index (χ0v) is 12.8. The summed E-state index contributed by atoms with van der Waals surface area (Å²) < 4.78 is 5.28. The summed E-state index contributed by atoms with van der Waals surface area (Å²) in [4.78, 5) is 28.4. The summed E-state index contributed by atoms with van der Waals surface area (Å²) in [5, 5.41) is 10.7. The van der Waals surface area contributed by atoms with Crippen LogP contribution >= 0.6 is 11.3 Å². The van der Waals surface area contributed by atoms with Gasteiger partial charge in [0.2, 0.25) is 11.4 Å². The van der Waals surface area contributed by atoms with Crippen molar-refractivity contribution in [1.82, 2.24) is 9.97 Å². The van der Waals surface area contributed by atoms with Crippen molar-refractivity contribution in [1.29, 1.82) is 0 Å². The number of benzene rings is 1. The minimum absolute atomic E-state index is 0.115. The molecule has 3 aromatic rings. The maximum atomic E-state index is 11.6. The first-order valence-electron chi connectivity index (χ1n) is 6.63. The van der Waals surface area contributed by atoms with Gasteiger partial charge in [0, 0.05) is 17.4 Å². The molecule has 3 rings (SSSR count). The molecule has 0 radical (unpaired) electrons. The third kappa shape index (κ3) is 2.29. The number of hydrogen-bond donors (Lipinski definition) is 3. The van der Waals surface area contributed by atoms with Gasteiger partial charge in [0.1, 0.15) is 5.75 Å². The SMILES string of the molecule is COc1ccc(C(C)c2sc(=O)[nH]c2O)c2ccc(=O)[nH]c12. The number of aromatic nitrogens is 2. The molecule has 22 heavy (non-hydrogen) atoms.